The molecule has 1 aliphatic heterocycles. The highest BCUT2D eigenvalue weighted by molar-refractivity contribution is 5.87. The van der Waals surface area contributed by atoms with Gasteiger partial charge in [-0.25, -0.2) is 9.18 Å². The molecule has 1 aliphatic rings. The topological polar surface area (TPSA) is 58.6 Å². The van der Waals surface area contributed by atoms with Gasteiger partial charge in [-0.3, -0.25) is 0 Å². The SMILES string of the molecule is CC1(NCc2cc(C(=O)O)ccc2F)CCCOC1. The van der Waals surface area contributed by atoms with Gasteiger partial charge in [0.15, 0.2) is 0 Å². The number of ether oxygens (including phenoxy) is 1. The summed E-state index contributed by atoms with van der Waals surface area (Å²) in [5.41, 5.74) is 0.291. The van der Waals surface area contributed by atoms with E-state index in [-0.39, 0.29) is 11.1 Å². The van der Waals surface area contributed by atoms with Gasteiger partial charge in [0.25, 0.3) is 0 Å². The Labute approximate surface area is 111 Å². The van der Waals surface area contributed by atoms with Crippen LogP contribution in [0.2, 0.25) is 0 Å². The molecule has 0 radical (unpaired) electrons. The first kappa shape index (κ1) is 14.0. The summed E-state index contributed by atoms with van der Waals surface area (Å²) in [6.45, 7) is 3.69. The molecule has 0 bridgehead atoms. The number of aromatic carboxylic acids is 1. The molecule has 104 valence electrons. The van der Waals surface area contributed by atoms with Crippen molar-refractivity contribution < 1.29 is 19.0 Å². The highest BCUT2D eigenvalue weighted by Gasteiger charge is 2.27. The van der Waals surface area contributed by atoms with Gasteiger partial charge < -0.3 is 15.2 Å². The highest BCUT2D eigenvalue weighted by atomic mass is 19.1. The Morgan fingerprint density at radius 1 is 1.58 bits per heavy atom. The smallest absolute Gasteiger partial charge is 0.335 e. The maximum atomic E-state index is 13.6. The second-order valence-corrected chi connectivity index (χ2v) is 5.18. The number of halogens is 1. The number of hydrogen-bond donors (Lipinski definition) is 2. The fourth-order valence-corrected chi connectivity index (χ4v) is 2.23. The van der Waals surface area contributed by atoms with Gasteiger partial charge in [0.2, 0.25) is 0 Å². The maximum absolute atomic E-state index is 13.6. The average molecular weight is 267 g/mol. The number of rotatable bonds is 4. The van der Waals surface area contributed by atoms with E-state index in [0.717, 1.165) is 19.4 Å². The second kappa shape index (κ2) is 5.67. The third-order valence-corrected chi connectivity index (χ3v) is 3.44. The van der Waals surface area contributed by atoms with Crippen molar-refractivity contribution in [1.82, 2.24) is 5.32 Å². The maximum Gasteiger partial charge on any atom is 0.335 e. The first-order valence-corrected chi connectivity index (χ1v) is 6.35. The van der Waals surface area contributed by atoms with Crippen LogP contribution < -0.4 is 5.32 Å². The Kier molecular flexibility index (Phi) is 4.17. The zero-order chi connectivity index (χ0) is 13.9. The number of carbonyl (C=O) groups is 1. The number of carboxylic acid groups (broad SMARTS) is 1. The fourth-order valence-electron chi connectivity index (χ4n) is 2.23. The molecule has 1 heterocycles. The monoisotopic (exact) mass is 267 g/mol. The van der Waals surface area contributed by atoms with Crippen LogP contribution in [-0.4, -0.2) is 29.8 Å². The molecule has 19 heavy (non-hydrogen) atoms. The largest absolute Gasteiger partial charge is 0.478 e. The Morgan fingerprint density at radius 3 is 3.00 bits per heavy atom. The molecule has 0 spiro atoms. The molecule has 1 fully saturated rings. The van der Waals surface area contributed by atoms with Gasteiger partial charge in [-0.05, 0) is 38.0 Å². The molecule has 0 aliphatic carbocycles. The molecule has 1 aromatic rings. The lowest BCUT2D eigenvalue weighted by atomic mass is 9.94. The quantitative estimate of drug-likeness (QED) is 0.878. The minimum Gasteiger partial charge on any atom is -0.478 e. The predicted molar refractivity (Wildman–Crippen MR) is 68.7 cm³/mol. The van der Waals surface area contributed by atoms with Gasteiger partial charge in [-0.2, -0.15) is 0 Å². The summed E-state index contributed by atoms with van der Waals surface area (Å²) < 4.78 is 19.1. The minimum atomic E-state index is -1.05. The second-order valence-electron chi connectivity index (χ2n) is 5.18. The Hall–Kier alpha value is -1.46. The first-order chi connectivity index (χ1) is 9.00. The molecular formula is C14H18FNO3. The van der Waals surface area contributed by atoms with E-state index < -0.39 is 11.8 Å². The minimum absolute atomic E-state index is 0.100. The van der Waals surface area contributed by atoms with E-state index in [9.17, 15) is 9.18 Å². The molecule has 1 aromatic carbocycles. The van der Waals surface area contributed by atoms with Gasteiger partial charge in [0.05, 0.1) is 12.2 Å². The molecule has 4 nitrogen and oxygen atoms in total. The van der Waals surface area contributed by atoms with Gasteiger partial charge in [0.1, 0.15) is 5.82 Å². The van der Waals surface area contributed by atoms with Crippen molar-refractivity contribution in [3.05, 3.63) is 35.1 Å². The molecule has 1 saturated heterocycles. The third kappa shape index (κ3) is 3.52. The van der Waals surface area contributed by atoms with Crippen LogP contribution in [-0.2, 0) is 11.3 Å². The van der Waals surface area contributed by atoms with Crippen LogP contribution in [0.1, 0.15) is 35.7 Å². The number of carboxylic acids is 1. The standard InChI is InChI=1S/C14H18FNO3/c1-14(5-2-6-19-9-14)16-8-11-7-10(13(17)18)3-4-12(11)15/h3-4,7,16H,2,5-6,8-9H2,1H3,(H,17,18). The summed E-state index contributed by atoms with van der Waals surface area (Å²) in [5, 5.41) is 12.2. The van der Waals surface area contributed by atoms with Crippen molar-refractivity contribution in [2.45, 2.75) is 31.8 Å². The van der Waals surface area contributed by atoms with E-state index in [2.05, 4.69) is 5.32 Å². The molecule has 5 heteroatoms. The van der Waals surface area contributed by atoms with Crippen LogP contribution in [0.3, 0.4) is 0 Å². The normalized spacial score (nSPS) is 23.3. The summed E-state index contributed by atoms with van der Waals surface area (Å²) in [6.07, 6.45) is 1.94. The molecule has 0 saturated carbocycles. The van der Waals surface area contributed by atoms with E-state index in [1.54, 1.807) is 0 Å². The lowest BCUT2D eigenvalue weighted by molar-refractivity contribution is 0.0276. The zero-order valence-electron chi connectivity index (χ0n) is 10.9. The van der Waals surface area contributed by atoms with Crippen LogP contribution in [0, 0.1) is 5.82 Å². The molecule has 1 atom stereocenters. The number of benzene rings is 1. The van der Waals surface area contributed by atoms with Crippen molar-refractivity contribution in [2.75, 3.05) is 13.2 Å². The lowest BCUT2D eigenvalue weighted by Crippen LogP contribution is -2.48. The number of nitrogens with one attached hydrogen (secondary N) is 1. The lowest BCUT2D eigenvalue weighted by Gasteiger charge is -2.34. The zero-order valence-corrected chi connectivity index (χ0v) is 10.9. The summed E-state index contributed by atoms with van der Waals surface area (Å²) in [4.78, 5) is 10.9. The number of hydrogen-bond acceptors (Lipinski definition) is 3. The van der Waals surface area contributed by atoms with E-state index in [1.165, 1.54) is 18.2 Å². The van der Waals surface area contributed by atoms with Crippen LogP contribution in [0.4, 0.5) is 4.39 Å². The van der Waals surface area contributed by atoms with Crippen LogP contribution >= 0.6 is 0 Å². The van der Waals surface area contributed by atoms with Crippen molar-refractivity contribution in [1.29, 1.82) is 0 Å². The van der Waals surface area contributed by atoms with Crippen LogP contribution in [0.5, 0.6) is 0 Å². The van der Waals surface area contributed by atoms with E-state index in [4.69, 9.17) is 9.84 Å². The van der Waals surface area contributed by atoms with Crippen molar-refractivity contribution in [3.8, 4) is 0 Å². The van der Waals surface area contributed by atoms with Gasteiger partial charge in [0, 0.05) is 24.3 Å². The predicted octanol–water partition coefficient (Wildman–Crippen LogP) is 2.18. The first-order valence-electron chi connectivity index (χ1n) is 6.35. The molecule has 2 N–H and O–H groups in total. The third-order valence-electron chi connectivity index (χ3n) is 3.44. The summed E-state index contributed by atoms with van der Waals surface area (Å²) >= 11 is 0. The van der Waals surface area contributed by atoms with Crippen LogP contribution in [0.25, 0.3) is 0 Å². The summed E-state index contributed by atoms with van der Waals surface area (Å²) in [6, 6.07) is 3.84. The van der Waals surface area contributed by atoms with Gasteiger partial charge in [-0.1, -0.05) is 0 Å². The fraction of sp³-hybridized carbons (Fsp3) is 0.500. The Bertz CT molecular complexity index is 470. The molecular weight excluding hydrogens is 249 g/mol. The Morgan fingerprint density at radius 2 is 2.37 bits per heavy atom. The molecule has 1 unspecified atom stereocenters. The molecule has 0 aromatic heterocycles. The van der Waals surface area contributed by atoms with Gasteiger partial charge in [-0.15, -0.1) is 0 Å². The van der Waals surface area contributed by atoms with Crippen molar-refractivity contribution in [3.63, 3.8) is 0 Å². The van der Waals surface area contributed by atoms with E-state index >= 15 is 0 Å². The van der Waals surface area contributed by atoms with Crippen molar-refractivity contribution in [2.24, 2.45) is 0 Å². The highest BCUT2D eigenvalue weighted by Crippen LogP contribution is 2.20. The van der Waals surface area contributed by atoms with Crippen molar-refractivity contribution >= 4 is 5.97 Å². The molecule has 0 amide bonds. The van der Waals surface area contributed by atoms with E-state index in [1.807, 2.05) is 6.92 Å². The molecule has 2 rings (SSSR count). The van der Waals surface area contributed by atoms with E-state index in [0.29, 0.717) is 18.7 Å². The summed E-state index contributed by atoms with van der Waals surface area (Å²) in [5.74, 6) is -1.44. The summed E-state index contributed by atoms with van der Waals surface area (Å²) in [7, 11) is 0. The Balaban J connectivity index is 2.06. The average Bonchev–Trinajstić information content (AvgIpc) is 2.38. The van der Waals surface area contributed by atoms with Crippen LogP contribution in [0.15, 0.2) is 18.2 Å². The van der Waals surface area contributed by atoms with Gasteiger partial charge >= 0.3 is 5.97 Å².